The Labute approximate surface area is 95.9 Å². The summed E-state index contributed by atoms with van der Waals surface area (Å²) in [6.07, 6.45) is 0. The van der Waals surface area contributed by atoms with E-state index < -0.39 is 0 Å². The zero-order chi connectivity index (χ0) is 12.1. The number of aliphatic hydroxyl groups excluding tert-OH is 2. The molecule has 0 radical (unpaired) electrons. The quantitative estimate of drug-likeness (QED) is 0.701. The van der Waals surface area contributed by atoms with E-state index in [2.05, 4.69) is 5.32 Å². The van der Waals surface area contributed by atoms with E-state index in [0.717, 1.165) is 22.6 Å². The van der Waals surface area contributed by atoms with E-state index in [1.807, 2.05) is 26.0 Å². The first kappa shape index (κ1) is 12.8. The van der Waals surface area contributed by atoms with E-state index in [1.54, 1.807) is 7.11 Å². The number of benzene rings is 1. The van der Waals surface area contributed by atoms with Crippen LogP contribution in [0.25, 0.3) is 0 Å². The van der Waals surface area contributed by atoms with Crippen LogP contribution in [0, 0.1) is 13.8 Å². The number of aliphatic hydroxyl groups is 2. The van der Waals surface area contributed by atoms with Crippen LogP contribution in [0.2, 0.25) is 0 Å². The maximum atomic E-state index is 9.01. The molecule has 0 unspecified atom stereocenters. The molecule has 0 saturated carbocycles. The second-order valence-electron chi connectivity index (χ2n) is 3.84. The molecular weight excluding hydrogens is 206 g/mol. The summed E-state index contributed by atoms with van der Waals surface area (Å²) in [5, 5.41) is 21.1. The highest BCUT2D eigenvalue weighted by Crippen LogP contribution is 2.28. The Bertz CT molecular complexity index is 348. The lowest BCUT2D eigenvalue weighted by atomic mass is 10.1. The minimum atomic E-state index is -0.365. The first-order valence-corrected chi connectivity index (χ1v) is 5.25. The molecule has 0 aliphatic heterocycles. The van der Waals surface area contributed by atoms with Gasteiger partial charge < -0.3 is 20.3 Å². The molecule has 16 heavy (non-hydrogen) atoms. The molecule has 0 heterocycles. The fourth-order valence-corrected chi connectivity index (χ4v) is 1.44. The van der Waals surface area contributed by atoms with Gasteiger partial charge in [-0.05, 0) is 37.1 Å². The van der Waals surface area contributed by atoms with Crippen molar-refractivity contribution >= 4 is 5.69 Å². The van der Waals surface area contributed by atoms with Crippen LogP contribution in [0.3, 0.4) is 0 Å². The topological polar surface area (TPSA) is 61.7 Å². The van der Waals surface area contributed by atoms with Gasteiger partial charge in [-0.2, -0.15) is 0 Å². The summed E-state index contributed by atoms with van der Waals surface area (Å²) < 4.78 is 5.25. The third-order valence-electron chi connectivity index (χ3n) is 2.62. The van der Waals surface area contributed by atoms with Crippen LogP contribution in [-0.2, 0) is 0 Å². The van der Waals surface area contributed by atoms with E-state index in [0.29, 0.717) is 0 Å². The van der Waals surface area contributed by atoms with Crippen LogP contribution in [0.1, 0.15) is 11.1 Å². The van der Waals surface area contributed by atoms with Crippen molar-refractivity contribution in [3.63, 3.8) is 0 Å². The fourth-order valence-electron chi connectivity index (χ4n) is 1.44. The highest BCUT2D eigenvalue weighted by Gasteiger charge is 2.10. The van der Waals surface area contributed by atoms with Gasteiger partial charge in [-0.25, -0.2) is 0 Å². The van der Waals surface area contributed by atoms with Crippen LogP contribution < -0.4 is 10.1 Å². The van der Waals surface area contributed by atoms with Crippen LogP contribution in [0.5, 0.6) is 5.75 Å². The fraction of sp³-hybridized carbons (Fsp3) is 0.500. The third-order valence-corrected chi connectivity index (χ3v) is 2.62. The second-order valence-corrected chi connectivity index (χ2v) is 3.84. The van der Waals surface area contributed by atoms with Crippen LogP contribution in [0.4, 0.5) is 5.69 Å². The van der Waals surface area contributed by atoms with Crippen LogP contribution in [0.15, 0.2) is 12.1 Å². The summed E-state index contributed by atoms with van der Waals surface area (Å²) in [5.74, 6) is 0.718. The smallest absolute Gasteiger partial charge is 0.142 e. The highest BCUT2D eigenvalue weighted by molar-refractivity contribution is 5.60. The second kappa shape index (κ2) is 5.72. The molecule has 1 aromatic rings. The maximum absolute atomic E-state index is 9.01. The summed E-state index contributed by atoms with van der Waals surface area (Å²) in [6.45, 7) is 3.78. The van der Waals surface area contributed by atoms with Gasteiger partial charge in [0.05, 0.1) is 32.1 Å². The number of ether oxygens (including phenoxy) is 1. The molecule has 1 aromatic carbocycles. The average molecular weight is 225 g/mol. The normalized spacial score (nSPS) is 10.6. The van der Waals surface area contributed by atoms with Crippen molar-refractivity contribution in [3.05, 3.63) is 23.3 Å². The SMILES string of the molecule is COc1cc(C)c(C)cc1NC(CO)CO. The van der Waals surface area contributed by atoms with Gasteiger partial charge in [0.1, 0.15) is 5.75 Å². The molecule has 4 nitrogen and oxygen atoms in total. The van der Waals surface area contributed by atoms with Gasteiger partial charge in [-0.1, -0.05) is 0 Å². The van der Waals surface area contributed by atoms with E-state index in [4.69, 9.17) is 14.9 Å². The van der Waals surface area contributed by atoms with Gasteiger partial charge in [0, 0.05) is 0 Å². The lowest BCUT2D eigenvalue weighted by Gasteiger charge is -2.18. The number of hydrogen-bond donors (Lipinski definition) is 3. The highest BCUT2D eigenvalue weighted by atomic mass is 16.5. The van der Waals surface area contributed by atoms with Gasteiger partial charge in [-0.3, -0.25) is 0 Å². The zero-order valence-corrected chi connectivity index (χ0v) is 9.95. The molecule has 0 aliphatic carbocycles. The van der Waals surface area contributed by atoms with Gasteiger partial charge in [0.25, 0.3) is 0 Å². The molecular formula is C12H19NO3. The number of aryl methyl sites for hydroxylation is 2. The standard InChI is InChI=1S/C12H19NO3/c1-8-4-11(13-10(6-14)7-15)12(16-3)5-9(8)2/h4-5,10,13-15H,6-7H2,1-3H3. The average Bonchev–Trinajstić information content (AvgIpc) is 2.29. The summed E-state index contributed by atoms with van der Waals surface area (Å²) in [7, 11) is 1.60. The molecule has 0 aliphatic rings. The molecule has 0 aromatic heterocycles. The Kier molecular flexibility index (Phi) is 4.58. The summed E-state index contributed by atoms with van der Waals surface area (Å²) in [4.78, 5) is 0. The van der Waals surface area contributed by atoms with E-state index >= 15 is 0 Å². The predicted octanol–water partition coefficient (Wildman–Crippen LogP) is 1.08. The van der Waals surface area contributed by atoms with Crippen molar-refractivity contribution in [1.82, 2.24) is 0 Å². The first-order chi connectivity index (χ1) is 7.62. The minimum Gasteiger partial charge on any atom is -0.495 e. The third kappa shape index (κ3) is 2.87. The van der Waals surface area contributed by atoms with E-state index in [9.17, 15) is 0 Å². The van der Waals surface area contributed by atoms with E-state index in [1.165, 1.54) is 0 Å². The number of methoxy groups -OCH3 is 1. The van der Waals surface area contributed by atoms with Gasteiger partial charge in [0.15, 0.2) is 0 Å². The molecule has 3 N–H and O–H groups in total. The summed E-state index contributed by atoms with van der Waals surface area (Å²) in [5.41, 5.74) is 3.07. The van der Waals surface area contributed by atoms with E-state index in [-0.39, 0.29) is 19.3 Å². The number of anilines is 1. The Balaban J connectivity index is 2.97. The van der Waals surface area contributed by atoms with Crippen molar-refractivity contribution in [2.75, 3.05) is 25.6 Å². The molecule has 4 heteroatoms. The molecule has 1 rings (SSSR count). The Morgan fingerprint density at radius 2 is 1.75 bits per heavy atom. The number of rotatable bonds is 5. The largest absolute Gasteiger partial charge is 0.495 e. The van der Waals surface area contributed by atoms with Crippen molar-refractivity contribution in [2.24, 2.45) is 0 Å². The summed E-state index contributed by atoms with van der Waals surface area (Å²) in [6, 6.07) is 3.52. The molecule has 0 fully saturated rings. The van der Waals surface area contributed by atoms with Crippen LogP contribution >= 0.6 is 0 Å². The first-order valence-electron chi connectivity index (χ1n) is 5.25. The van der Waals surface area contributed by atoms with Crippen molar-refractivity contribution in [3.8, 4) is 5.75 Å². The minimum absolute atomic E-state index is 0.118. The lowest BCUT2D eigenvalue weighted by molar-refractivity contribution is 0.203. The van der Waals surface area contributed by atoms with Gasteiger partial charge >= 0.3 is 0 Å². The molecule has 90 valence electrons. The predicted molar refractivity (Wildman–Crippen MR) is 64.1 cm³/mol. The van der Waals surface area contributed by atoms with Gasteiger partial charge in [-0.15, -0.1) is 0 Å². The van der Waals surface area contributed by atoms with Crippen molar-refractivity contribution in [2.45, 2.75) is 19.9 Å². The molecule has 0 amide bonds. The Morgan fingerprint density at radius 3 is 2.25 bits per heavy atom. The Hall–Kier alpha value is -1.26. The number of hydrogen-bond acceptors (Lipinski definition) is 4. The molecule has 0 atom stereocenters. The zero-order valence-electron chi connectivity index (χ0n) is 9.95. The lowest BCUT2D eigenvalue weighted by Crippen LogP contribution is -2.27. The number of nitrogens with one attached hydrogen (secondary N) is 1. The van der Waals surface area contributed by atoms with Crippen molar-refractivity contribution in [1.29, 1.82) is 0 Å². The Morgan fingerprint density at radius 1 is 1.19 bits per heavy atom. The van der Waals surface area contributed by atoms with Crippen molar-refractivity contribution < 1.29 is 14.9 Å². The summed E-state index contributed by atoms with van der Waals surface area (Å²) >= 11 is 0. The molecule has 0 spiro atoms. The molecule has 0 bridgehead atoms. The van der Waals surface area contributed by atoms with Crippen LogP contribution in [-0.4, -0.2) is 36.6 Å². The molecule has 0 saturated heterocycles. The maximum Gasteiger partial charge on any atom is 0.142 e. The van der Waals surface area contributed by atoms with Gasteiger partial charge in [0.2, 0.25) is 0 Å². The monoisotopic (exact) mass is 225 g/mol.